The molecule has 108 valence electrons. The Bertz CT molecular complexity index is 447. The minimum atomic E-state index is 0.522. The van der Waals surface area contributed by atoms with Crippen molar-refractivity contribution < 1.29 is 0 Å². The van der Waals surface area contributed by atoms with Gasteiger partial charge in [-0.15, -0.1) is 0 Å². The molecule has 0 spiro atoms. The smallest absolute Gasteiger partial charge is 0.191 e. The molecule has 20 heavy (non-hydrogen) atoms. The molecule has 1 aromatic carbocycles. The van der Waals surface area contributed by atoms with E-state index in [0.29, 0.717) is 6.04 Å². The van der Waals surface area contributed by atoms with E-state index in [-0.39, 0.29) is 0 Å². The van der Waals surface area contributed by atoms with Gasteiger partial charge in [0, 0.05) is 6.54 Å². The lowest BCUT2D eigenvalue weighted by molar-refractivity contribution is 0.224. The van der Waals surface area contributed by atoms with E-state index in [1.54, 1.807) is 0 Å². The van der Waals surface area contributed by atoms with Gasteiger partial charge in [0.2, 0.25) is 0 Å². The minimum Gasteiger partial charge on any atom is -0.370 e. The highest BCUT2D eigenvalue weighted by Crippen LogP contribution is 2.30. The first-order chi connectivity index (χ1) is 9.84. The predicted molar refractivity (Wildman–Crippen MR) is 83.5 cm³/mol. The summed E-state index contributed by atoms with van der Waals surface area (Å²) in [6, 6.07) is 11.1. The van der Waals surface area contributed by atoms with Gasteiger partial charge in [-0.2, -0.15) is 0 Å². The normalized spacial score (nSPS) is 24.5. The van der Waals surface area contributed by atoms with Crippen molar-refractivity contribution in [2.45, 2.75) is 51.1 Å². The van der Waals surface area contributed by atoms with Crippen LogP contribution in [0.1, 0.15) is 44.1 Å². The van der Waals surface area contributed by atoms with Gasteiger partial charge in [-0.05, 0) is 24.3 Å². The largest absolute Gasteiger partial charge is 0.370 e. The van der Waals surface area contributed by atoms with Gasteiger partial charge in [-0.3, -0.25) is 4.99 Å². The number of benzene rings is 1. The molecule has 3 nitrogen and oxygen atoms in total. The summed E-state index contributed by atoms with van der Waals surface area (Å²) in [5.74, 6) is 1.51. The van der Waals surface area contributed by atoms with Crippen LogP contribution < -0.4 is 5.73 Å². The van der Waals surface area contributed by atoms with E-state index in [1.165, 1.54) is 44.1 Å². The maximum Gasteiger partial charge on any atom is 0.191 e. The van der Waals surface area contributed by atoms with Crippen LogP contribution in [0.3, 0.4) is 0 Å². The highest BCUT2D eigenvalue weighted by atomic mass is 15.3. The average molecular weight is 271 g/mol. The fraction of sp³-hybridized carbons (Fsp3) is 0.588. The number of nitrogens with two attached hydrogens (primary N) is 1. The first kappa shape index (κ1) is 13.5. The van der Waals surface area contributed by atoms with Gasteiger partial charge < -0.3 is 10.6 Å². The predicted octanol–water partition coefficient (Wildman–Crippen LogP) is 3.16. The molecule has 1 atom stereocenters. The monoisotopic (exact) mass is 271 g/mol. The summed E-state index contributed by atoms with van der Waals surface area (Å²) in [5, 5.41) is 0. The lowest BCUT2D eigenvalue weighted by atomic mass is 9.91. The van der Waals surface area contributed by atoms with Crippen molar-refractivity contribution in [3.8, 4) is 0 Å². The summed E-state index contributed by atoms with van der Waals surface area (Å²) in [7, 11) is 0. The molecule has 1 unspecified atom stereocenters. The molecule has 1 aliphatic heterocycles. The fourth-order valence-electron chi connectivity index (χ4n) is 3.62. The van der Waals surface area contributed by atoms with Gasteiger partial charge in [0.05, 0.1) is 12.6 Å². The quantitative estimate of drug-likeness (QED) is 0.858. The molecule has 0 saturated heterocycles. The third-order valence-corrected chi connectivity index (χ3v) is 4.77. The van der Waals surface area contributed by atoms with E-state index in [1.807, 2.05) is 0 Å². The van der Waals surface area contributed by atoms with Crippen molar-refractivity contribution in [2.24, 2.45) is 16.6 Å². The Morgan fingerprint density at radius 1 is 1.05 bits per heavy atom. The van der Waals surface area contributed by atoms with Crippen LogP contribution in [-0.4, -0.2) is 23.4 Å². The summed E-state index contributed by atoms with van der Waals surface area (Å²) in [6.07, 6.45) is 8.24. The van der Waals surface area contributed by atoms with Crippen molar-refractivity contribution in [2.75, 3.05) is 6.54 Å². The molecule has 2 N–H and O–H groups in total. The SMILES string of the molecule is NC1=NCC(C2CCCCCC2)N1Cc1ccccc1. The highest BCUT2D eigenvalue weighted by Gasteiger charge is 2.32. The van der Waals surface area contributed by atoms with Gasteiger partial charge in [0.1, 0.15) is 0 Å². The van der Waals surface area contributed by atoms with Crippen LogP contribution >= 0.6 is 0 Å². The number of rotatable bonds is 3. The standard InChI is InChI=1S/C17H25N3/c18-17-19-12-16(15-10-6-1-2-7-11-15)20(17)13-14-8-4-3-5-9-14/h3-5,8-9,15-16H,1-2,6-7,10-13H2,(H2,18,19). The Labute approximate surface area is 121 Å². The summed E-state index contributed by atoms with van der Waals surface area (Å²) in [6.45, 7) is 1.79. The lowest BCUT2D eigenvalue weighted by Crippen LogP contribution is -2.44. The Morgan fingerprint density at radius 3 is 2.45 bits per heavy atom. The van der Waals surface area contributed by atoms with Crippen LogP contribution in [0.5, 0.6) is 0 Å². The first-order valence-electron chi connectivity index (χ1n) is 7.95. The molecule has 3 heteroatoms. The van der Waals surface area contributed by atoms with Crippen LogP contribution in [0.25, 0.3) is 0 Å². The van der Waals surface area contributed by atoms with E-state index in [2.05, 4.69) is 40.2 Å². The number of nitrogens with zero attached hydrogens (tertiary/aromatic N) is 2. The lowest BCUT2D eigenvalue weighted by Gasteiger charge is -2.32. The van der Waals surface area contributed by atoms with Crippen LogP contribution in [0.2, 0.25) is 0 Å². The number of guanidine groups is 1. The molecule has 3 rings (SSSR count). The Balaban J connectivity index is 1.71. The maximum atomic E-state index is 6.14. The molecule has 1 fully saturated rings. The number of hydrogen-bond acceptors (Lipinski definition) is 3. The topological polar surface area (TPSA) is 41.6 Å². The van der Waals surface area contributed by atoms with E-state index >= 15 is 0 Å². The van der Waals surface area contributed by atoms with Gasteiger partial charge in [0.25, 0.3) is 0 Å². The van der Waals surface area contributed by atoms with Crippen LogP contribution in [0, 0.1) is 5.92 Å². The van der Waals surface area contributed by atoms with Gasteiger partial charge in [0.15, 0.2) is 5.96 Å². The second-order valence-electron chi connectivity index (χ2n) is 6.13. The van der Waals surface area contributed by atoms with Crippen molar-refractivity contribution >= 4 is 5.96 Å². The zero-order chi connectivity index (χ0) is 13.8. The van der Waals surface area contributed by atoms with E-state index in [0.717, 1.165) is 25.0 Å². The second kappa shape index (κ2) is 6.29. The summed E-state index contributed by atoms with van der Waals surface area (Å²) in [4.78, 5) is 6.86. The Hall–Kier alpha value is -1.51. The Morgan fingerprint density at radius 2 is 1.75 bits per heavy atom. The van der Waals surface area contributed by atoms with E-state index < -0.39 is 0 Å². The second-order valence-corrected chi connectivity index (χ2v) is 6.13. The molecule has 0 radical (unpaired) electrons. The third-order valence-electron chi connectivity index (χ3n) is 4.77. The molecule has 1 saturated carbocycles. The fourth-order valence-corrected chi connectivity index (χ4v) is 3.62. The van der Waals surface area contributed by atoms with Gasteiger partial charge in [-0.25, -0.2) is 0 Å². The zero-order valence-corrected chi connectivity index (χ0v) is 12.2. The van der Waals surface area contributed by atoms with Crippen molar-refractivity contribution in [3.63, 3.8) is 0 Å². The molecule has 1 heterocycles. The molecule has 0 bridgehead atoms. The zero-order valence-electron chi connectivity index (χ0n) is 12.2. The minimum absolute atomic E-state index is 0.522. The molecule has 0 aromatic heterocycles. The first-order valence-corrected chi connectivity index (χ1v) is 7.95. The van der Waals surface area contributed by atoms with E-state index in [4.69, 9.17) is 5.73 Å². The molecule has 2 aliphatic rings. The molecule has 0 amide bonds. The van der Waals surface area contributed by atoms with Crippen LogP contribution in [0.4, 0.5) is 0 Å². The highest BCUT2D eigenvalue weighted by molar-refractivity contribution is 5.80. The van der Waals surface area contributed by atoms with Crippen molar-refractivity contribution in [1.29, 1.82) is 0 Å². The maximum absolute atomic E-state index is 6.14. The molecular formula is C17H25N3. The van der Waals surface area contributed by atoms with Gasteiger partial charge >= 0.3 is 0 Å². The number of aliphatic imine (C=N–C) groups is 1. The summed E-state index contributed by atoms with van der Waals surface area (Å²) >= 11 is 0. The average Bonchev–Trinajstić information content (AvgIpc) is 2.70. The van der Waals surface area contributed by atoms with Crippen LogP contribution in [-0.2, 0) is 6.54 Å². The summed E-state index contributed by atoms with van der Waals surface area (Å²) < 4.78 is 0. The Kier molecular flexibility index (Phi) is 4.24. The van der Waals surface area contributed by atoms with Gasteiger partial charge in [-0.1, -0.05) is 56.0 Å². The van der Waals surface area contributed by atoms with Crippen molar-refractivity contribution in [1.82, 2.24) is 4.90 Å². The third kappa shape index (κ3) is 2.97. The van der Waals surface area contributed by atoms with Crippen molar-refractivity contribution in [3.05, 3.63) is 35.9 Å². The summed E-state index contributed by atoms with van der Waals surface area (Å²) in [5.41, 5.74) is 7.46. The van der Waals surface area contributed by atoms with Crippen LogP contribution in [0.15, 0.2) is 35.3 Å². The number of hydrogen-bond donors (Lipinski definition) is 1. The molecular weight excluding hydrogens is 246 g/mol. The molecule has 1 aromatic rings. The molecule has 1 aliphatic carbocycles. The van der Waals surface area contributed by atoms with E-state index in [9.17, 15) is 0 Å².